The molecule has 0 unspecified atom stereocenters. The normalized spacial score (nSPS) is 14.7. The first-order valence-electron chi connectivity index (χ1n) is 10.5. The van der Waals surface area contributed by atoms with Crippen LogP contribution in [0.3, 0.4) is 0 Å². The van der Waals surface area contributed by atoms with E-state index in [1.807, 2.05) is 44.2 Å². The van der Waals surface area contributed by atoms with Crippen molar-refractivity contribution in [1.82, 2.24) is 4.90 Å². The molecule has 0 N–H and O–H groups in total. The smallest absolute Gasteiger partial charge is 0.185 e. The molecule has 0 amide bonds. The zero-order valence-electron chi connectivity index (χ0n) is 18.7. The summed E-state index contributed by atoms with van der Waals surface area (Å²) in [5, 5.41) is 0. The van der Waals surface area contributed by atoms with E-state index in [0.717, 1.165) is 49.7 Å². The summed E-state index contributed by atoms with van der Waals surface area (Å²) in [5.41, 5.74) is 2.41. The van der Waals surface area contributed by atoms with Crippen molar-refractivity contribution in [3.63, 3.8) is 0 Å². The van der Waals surface area contributed by atoms with Gasteiger partial charge >= 0.3 is 0 Å². The van der Waals surface area contributed by atoms with E-state index in [0.29, 0.717) is 17.1 Å². The average molecular weight is 426 g/mol. The van der Waals surface area contributed by atoms with Gasteiger partial charge in [0.15, 0.2) is 17.3 Å². The van der Waals surface area contributed by atoms with Gasteiger partial charge in [-0.15, -0.1) is 0 Å². The van der Waals surface area contributed by atoms with Crippen LogP contribution in [0.5, 0.6) is 17.2 Å². The average Bonchev–Trinajstić information content (AvgIpc) is 2.78. The molecule has 1 fully saturated rings. The summed E-state index contributed by atoms with van der Waals surface area (Å²) in [6.45, 7) is 7.83. The number of methoxy groups -OCH3 is 2. The highest BCUT2D eigenvalue weighted by atomic mass is 16.5. The van der Waals surface area contributed by atoms with Crippen LogP contribution in [-0.4, -0.2) is 57.3 Å². The number of ether oxygens (including phenoxy) is 4. The fourth-order valence-corrected chi connectivity index (χ4v) is 3.50. The van der Waals surface area contributed by atoms with E-state index in [2.05, 4.69) is 4.90 Å². The first-order valence-corrected chi connectivity index (χ1v) is 10.5. The van der Waals surface area contributed by atoms with Gasteiger partial charge in [0.1, 0.15) is 5.75 Å². The van der Waals surface area contributed by atoms with E-state index < -0.39 is 0 Å². The molecule has 0 radical (unpaired) electrons. The van der Waals surface area contributed by atoms with Gasteiger partial charge in [-0.05, 0) is 50.3 Å². The van der Waals surface area contributed by atoms with E-state index in [4.69, 9.17) is 18.9 Å². The van der Waals surface area contributed by atoms with Crippen molar-refractivity contribution in [3.8, 4) is 17.2 Å². The van der Waals surface area contributed by atoms with E-state index in [1.165, 1.54) is 0 Å². The van der Waals surface area contributed by atoms with Crippen molar-refractivity contribution in [2.45, 2.75) is 26.5 Å². The lowest BCUT2D eigenvalue weighted by Crippen LogP contribution is -2.35. The Bertz CT molecular complexity index is 916. The van der Waals surface area contributed by atoms with Crippen LogP contribution < -0.4 is 14.2 Å². The Kier molecular flexibility index (Phi) is 8.09. The van der Waals surface area contributed by atoms with Gasteiger partial charge in [-0.3, -0.25) is 9.69 Å². The second kappa shape index (κ2) is 11.0. The molecule has 0 aliphatic carbocycles. The number of nitrogens with zero attached hydrogens (tertiary/aromatic N) is 1. The highest BCUT2D eigenvalue weighted by Gasteiger charge is 2.16. The topological polar surface area (TPSA) is 57.2 Å². The standard InChI is InChI=1S/C25H31NO5/c1-18(2)31-25-19(6-5-7-24(25)29-4)8-10-22(27)20-9-11-23(28-3)21(16-20)17-26-12-14-30-15-13-26/h5-11,16,18H,12-15,17H2,1-4H3/b10-8+. The van der Waals surface area contributed by atoms with Crippen molar-refractivity contribution in [3.05, 3.63) is 59.2 Å². The quantitative estimate of drug-likeness (QED) is 0.443. The summed E-state index contributed by atoms with van der Waals surface area (Å²) in [6, 6.07) is 11.2. The molecule has 0 atom stereocenters. The molecule has 2 aromatic carbocycles. The van der Waals surface area contributed by atoms with Crippen molar-refractivity contribution in [2.24, 2.45) is 0 Å². The van der Waals surface area contributed by atoms with Crippen LogP contribution in [0.25, 0.3) is 6.08 Å². The van der Waals surface area contributed by atoms with E-state index in [1.54, 1.807) is 32.4 Å². The van der Waals surface area contributed by atoms with Crippen LogP contribution in [0.4, 0.5) is 0 Å². The van der Waals surface area contributed by atoms with Gasteiger partial charge in [0.05, 0.1) is 33.5 Å². The molecule has 31 heavy (non-hydrogen) atoms. The van der Waals surface area contributed by atoms with Gasteiger partial charge in [-0.1, -0.05) is 12.1 Å². The van der Waals surface area contributed by atoms with Crippen LogP contribution in [0.15, 0.2) is 42.5 Å². The van der Waals surface area contributed by atoms with Crippen molar-refractivity contribution >= 4 is 11.9 Å². The first-order chi connectivity index (χ1) is 15.0. The predicted octanol–water partition coefficient (Wildman–Crippen LogP) is 4.22. The minimum absolute atomic E-state index is 0.0107. The number of carbonyl (C=O) groups excluding carboxylic acids is 1. The fourth-order valence-electron chi connectivity index (χ4n) is 3.50. The number of morpholine rings is 1. The lowest BCUT2D eigenvalue weighted by Gasteiger charge is -2.27. The van der Waals surface area contributed by atoms with Gasteiger partial charge in [-0.2, -0.15) is 0 Å². The number of ketones is 1. The third-order valence-electron chi connectivity index (χ3n) is 5.06. The number of rotatable bonds is 9. The van der Waals surface area contributed by atoms with Gasteiger partial charge in [0.2, 0.25) is 0 Å². The molecular weight excluding hydrogens is 394 g/mol. The molecule has 1 aliphatic heterocycles. The lowest BCUT2D eigenvalue weighted by atomic mass is 10.0. The van der Waals surface area contributed by atoms with Gasteiger partial charge in [0, 0.05) is 36.3 Å². The molecule has 1 heterocycles. The zero-order valence-corrected chi connectivity index (χ0v) is 18.7. The number of hydrogen-bond donors (Lipinski definition) is 0. The molecule has 166 valence electrons. The largest absolute Gasteiger partial charge is 0.496 e. The Morgan fingerprint density at radius 2 is 1.84 bits per heavy atom. The molecule has 1 aliphatic rings. The minimum Gasteiger partial charge on any atom is -0.496 e. The summed E-state index contributed by atoms with van der Waals surface area (Å²) in [5.74, 6) is 1.98. The van der Waals surface area contributed by atoms with E-state index in [-0.39, 0.29) is 11.9 Å². The summed E-state index contributed by atoms with van der Waals surface area (Å²) in [4.78, 5) is 15.2. The SMILES string of the molecule is COc1ccc(C(=O)/C=C/c2cccc(OC)c2OC(C)C)cc1CN1CCOCC1. The second-order valence-corrected chi connectivity index (χ2v) is 7.66. The highest BCUT2D eigenvalue weighted by Crippen LogP contribution is 2.33. The van der Waals surface area contributed by atoms with Gasteiger partial charge < -0.3 is 18.9 Å². The van der Waals surface area contributed by atoms with E-state index >= 15 is 0 Å². The maximum absolute atomic E-state index is 12.9. The molecule has 6 nitrogen and oxygen atoms in total. The van der Waals surface area contributed by atoms with Crippen LogP contribution in [-0.2, 0) is 11.3 Å². The number of allylic oxidation sites excluding steroid dienone is 1. The van der Waals surface area contributed by atoms with Crippen LogP contribution in [0.1, 0.15) is 35.3 Å². The zero-order chi connectivity index (χ0) is 22.2. The second-order valence-electron chi connectivity index (χ2n) is 7.66. The van der Waals surface area contributed by atoms with Crippen molar-refractivity contribution in [2.75, 3.05) is 40.5 Å². The number of hydrogen-bond acceptors (Lipinski definition) is 6. The van der Waals surface area contributed by atoms with Gasteiger partial charge in [0.25, 0.3) is 0 Å². The summed E-state index contributed by atoms with van der Waals surface area (Å²) in [6.07, 6.45) is 3.33. The molecule has 0 spiro atoms. The monoisotopic (exact) mass is 425 g/mol. The molecule has 2 aromatic rings. The Labute approximate surface area is 184 Å². The van der Waals surface area contributed by atoms with Crippen molar-refractivity contribution in [1.29, 1.82) is 0 Å². The number of benzene rings is 2. The molecular formula is C25H31NO5. The van der Waals surface area contributed by atoms with Crippen molar-refractivity contribution < 1.29 is 23.7 Å². The Balaban J connectivity index is 1.81. The lowest BCUT2D eigenvalue weighted by molar-refractivity contribution is 0.0338. The molecule has 3 rings (SSSR count). The third-order valence-corrected chi connectivity index (χ3v) is 5.06. The highest BCUT2D eigenvalue weighted by molar-refractivity contribution is 6.07. The summed E-state index contributed by atoms with van der Waals surface area (Å²) >= 11 is 0. The number of carbonyl (C=O) groups is 1. The number of para-hydroxylation sites is 1. The van der Waals surface area contributed by atoms with E-state index in [9.17, 15) is 4.79 Å². The molecule has 6 heteroatoms. The van der Waals surface area contributed by atoms with Crippen LogP contribution >= 0.6 is 0 Å². The predicted molar refractivity (Wildman–Crippen MR) is 121 cm³/mol. The molecule has 0 aromatic heterocycles. The maximum Gasteiger partial charge on any atom is 0.185 e. The van der Waals surface area contributed by atoms with Crippen LogP contribution in [0.2, 0.25) is 0 Å². The van der Waals surface area contributed by atoms with Gasteiger partial charge in [-0.25, -0.2) is 0 Å². The summed E-state index contributed by atoms with van der Waals surface area (Å²) < 4.78 is 22.3. The fraction of sp³-hybridized carbons (Fsp3) is 0.400. The first kappa shape index (κ1) is 22.8. The minimum atomic E-state index is -0.0794. The Morgan fingerprint density at radius 1 is 1.10 bits per heavy atom. The Morgan fingerprint density at radius 3 is 2.52 bits per heavy atom. The summed E-state index contributed by atoms with van der Waals surface area (Å²) in [7, 11) is 3.26. The maximum atomic E-state index is 12.9. The molecule has 0 saturated carbocycles. The van der Waals surface area contributed by atoms with Crippen LogP contribution in [0, 0.1) is 0 Å². The third kappa shape index (κ3) is 6.09. The molecule has 0 bridgehead atoms. The Hall–Kier alpha value is -2.83. The molecule has 1 saturated heterocycles.